The monoisotopic (exact) mass is 121 g/mol. The fraction of sp³-hybridized carbons (Fsp3) is 0. The van der Waals surface area contributed by atoms with Crippen LogP contribution in [0.25, 0.3) is 0 Å². The zero-order chi connectivity index (χ0) is 5.70. The Kier molecular flexibility index (Phi) is 3.17. The lowest BCUT2D eigenvalue weighted by atomic mass is 10.8. The second-order valence-electron chi connectivity index (χ2n) is 0.651. The number of carbonyl (C=O) groups is 1. The molecule has 0 spiro atoms. The van der Waals surface area contributed by atoms with E-state index in [1.807, 2.05) is 0 Å². The van der Waals surface area contributed by atoms with Crippen LogP contribution < -0.4 is 5.90 Å². The second-order valence-corrected chi connectivity index (χ2v) is 1.08. The molecular weight excluding hydrogens is 118 g/mol. The van der Waals surface area contributed by atoms with Crippen molar-refractivity contribution < 1.29 is 13.8 Å². The van der Waals surface area contributed by atoms with Crippen molar-refractivity contribution in [2.45, 2.75) is 0 Å². The Labute approximate surface area is 43.3 Å². The van der Waals surface area contributed by atoms with E-state index in [0.29, 0.717) is 0 Å². The van der Waals surface area contributed by atoms with E-state index >= 15 is 0 Å². The molecule has 5 heteroatoms. The average Bonchev–Trinajstić information content (AvgIpc) is 1.68. The molecule has 0 aliphatic carbocycles. The lowest BCUT2D eigenvalue weighted by Gasteiger charge is -1.80. The molecule has 7 heavy (non-hydrogen) atoms. The normalized spacial score (nSPS) is 7.00. The molecule has 0 amide bonds. The Balaban J connectivity index is 3.58. The summed E-state index contributed by atoms with van der Waals surface area (Å²) in [7, 11) is 0. The Hall–Kier alpha value is -0.680. The summed E-state index contributed by atoms with van der Waals surface area (Å²) in [6, 6.07) is 0. The molecule has 40 valence electrons. The first kappa shape index (κ1) is 6.32. The van der Waals surface area contributed by atoms with E-state index < -0.39 is 5.97 Å². The van der Waals surface area contributed by atoms with Crippen LogP contribution in [0.15, 0.2) is 0 Å². The van der Waals surface area contributed by atoms with Gasteiger partial charge in [-0.25, -0.2) is 9.00 Å². The van der Waals surface area contributed by atoms with Gasteiger partial charge in [-0.3, -0.25) is 0 Å². The lowest BCUT2D eigenvalue weighted by Crippen LogP contribution is -2.09. The molecule has 0 heterocycles. The SMILES string of the molecule is NOC(=O)C=S=O. The maximum atomic E-state index is 9.79. The summed E-state index contributed by atoms with van der Waals surface area (Å²) < 4.78 is 9.40. The molecule has 0 bridgehead atoms. The first-order chi connectivity index (χ1) is 3.31. The van der Waals surface area contributed by atoms with Gasteiger partial charge in [0.15, 0.2) is 0 Å². The summed E-state index contributed by atoms with van der Waals surface area (Å²) in [5.74, 6) is 3.51. The van der Waals surface area contributed by atoms with Crippen LogP contribution in [0.3, 0.4) is 0 Å². The average molecular weight is 121 g/mol. The molecule has 0 aromatic heterocycles. The number of rotatable bonds is 1. The molecule has 0 aromatic rings. The lowest BCUT2D eigenvalue weighted by molar-refractivity contribution is -0.135. The summed E-state index contributed by atoms with van der Waals surface area (Å²) in [5, 5.41) is 0.722. The van der Waals surface area contributed by atoms with Crippen molar-refractivity contribution in [1.82, 2.24) is 0 Å². The molecule has 0 aliphatic rings. The third-order valence-corrected chi connectivity index (χ3v) is 0.549. The largest absolute Gasteiger partial charge is 0.369 e. The van der Waals surface area contributed by atoms with Crippen molar-refractivity contribution >= 4 is 22.6 Å². The number of carbonyl (C=O) groups excluding carboxylic acids is 1. The maximum Gasteiger partial charge on any atom is 0.362 e. The third kappa shape index (κ3) is 3.14. The van der Waals surface area contributed by atoms with Crippen LogP contribution in [0.2, 0.25) is 0 Å². The van der Waals surface area contributed by atoms with Crippen molar-refractivity contribution in [1.29, 1.82) is 0 Å². The third-order valence-electron chi connectivity index (χ3n) is 0.260. The van der Waals surface area contributed by atoms with Crippen LogP contribution in [0, 0.1) is 0 Å². The van der Waals surface area contributed by atoms with Gasteiger partial charge >= 0.3 is 5.97 Å². The molecule has 4 nitrogen and oxygen atoms in total. The minimum atomic E-state index is -0.819. The van der Waals surface area contributed by atoms with Crippen molar-refractivity contribution in [3.05, 3.63) is 0 Å². The van der Waals surface area contributed by atoms with E-state index in [-0.39, 0.29) is 11.3 Å². The highest BCUT2D eigenvalue weighted by Crippen LogP contribution is 1.54. The van der Waals surface area contributed by atoms with E-state index in [0.717, 1.165) is 5.37 Å². The maximum absolute atomic E-state index is 9.79. The minimum Gasteiger partial charge on any atom is -0.369 e. The van der Waals surface area contributed by atoms with Gasteiger partial charge in [0.1, 0.15) is 5.37 Å². The smallest absolute Gasteiger partial charge is 0.362 e. The number of hydrogen-bond acceptors (Lipinski definition) is 4. The molecular formula is C2H3NO3S. The van der Waals surface area contributed by atoms with Crippen LogP contribution in [0.5, 0.6) is 0 Å². The van der Waals surface area contributed by atoms with Gasteiger partial charge in [-0.1, -0.05) is 0 Å². The van der Waals surface area contributed by atoms with Crippen molar-refractivity contribution in [3.8, 4) is 0 Å². The van der Waals surface area contributed by atoms with Crippen LogP contribution in [0.1, 0.15) is 0 Å². The second kappa shape index (κ2) is 3.51. The Morgan fingerprint density at radius 3 is 2.57 bits per heavy atom. The van der Waals surface area contributed by atoms with E-state index in [1.54, 1.807) is 0 Å². The van der Waals surface area contributed by atoms with E-state index in [4.69, 9.17) is 0 Å². The van der Waals surface area contributed by atoms with Gasteiger partial charge in [-0.15, -0.1) is 0 Å². The molecule has 0 saturated carbocycles. The van der Waals surface area contributed by atoms with Gasteiger partial charge in [-0.05, 0) is 0 Å². The fourth-order valence-corrected chi connectivity index (χ4v) is 0.201. The molecule has 0 unspecified atom stereocenters. The van der Waals surface area contributed by atoms with Gasteiger partial charge in [-0.2, -0.15) is 5.90 Å². The predicted molar refractivity (Wildman–Crippen MR) is 24.5 cm³/mol. The molecule has 0 radical (unpaired) electrons. The van der Waals surface area contributed by atoms with Crippen molar-refractivity contribution in [3.63, 3.8) is 0 Å². The van der Waals surface area contributed by atoms with E-state index in [9.17, 15) is 9.00 Å². The zero-order valence-corrected chi connectivity index (χ0v) is 4.10. The Bertz CT molecular complexity index is 116. The predicted octanol–water partition coefficient (Wildman–Crippen LogP) is -1.58. The van der Waals surface area contributed by atoms with Crippen LogP contribution in [0.4, 0.5) is 0 Å². The summed E-state index contributed by atoms with van der Waals surface area (Å²) in [6.45, 7) is 0. The quantitative estimate of drug-likeness (QED) is 0.335. The number of hydrogen-bond donors (Lipinski definition) is 1. The Morgan fingerprint density at radius 2 is 2.43 bits per heavy atom. The molecule has 0 aromatic carbocycles. The molecule has 0 fully saturated rings. The van der Waals surface area contributed by atoms with Crippen LogP contribution in [-0.2, 0) is 20.9 Å². The highest BCUT2D eigenvalue weighted by Gasteiger charge is 1.87. The number of nitrogens with two attached hydrogens (primary N) is 1. The van der Waals surface area contributed by atoms with Gasteiger partial charge < -0.3 is 4.84 Å². The Morgan fingerprint density at radius 1 is 1.86 bits per heavy atom. The summed E-state index contributed by atoms with van der Waals surface area (Å²) in [6.07, 6.45) is 0. The van der Waals surface area contributed by atoms with Crippen LogP contribution in [-0.4, -0.2) is 15.5 Å². The van der Waals surface area contributed by atoms with Gasteiger partial charge in [0.25, 0.3) is 0 Å². The first-order valence-corrected chi connectivity index (χ1v) is 2.14. The summed E-state index contributed by atoms with van der Waals surface area (Å²) >= 11 is 0.00477. The first-order valence-electron chi connectivity index (χ1n) is 1.33. The van der Waals surface area contributed by atoms with Crippen molar-refractivity contribution in [2.24, 2.45) is 5.90 Å². The topological polar surface area (TPSA) is 69.4 Å². The van der Waals surface area contributed by atoms with Gasteiger partial charge in [0.2, 0.25) is 0 Å². The zero-order valence-electron chi connectivity index (χ0n) is 3.29. The van der Waals surface area contributed by atoms with E-state index in [1.165, 1.54) is 0 Å². The minimum absolute atomic E-state index is 0.00477. The molecule has 2 N–H and O–H groups in total. The van der Waals surface area contributed by atoms with E-state index in [2.05, 4.69) is 10.7 Å². The van der Waals surface area contributed by atoms with Gasteiger partial charge in [0, 0.05) is 0 Å². The highest BCUT2D eigenvalue weighted by molar-refractivity contribution is 7.66. The highest BCUT2D eigenvalue weighted by atomic mass is 32.1. The molecule has 0 aliphatic heterocycles. The molecule has 0 atom stereocenters. The molecule has 0 saturated heterocycles. The summed E-state index contributed by atoms with van der Waals surface area (Å²) in [4.78, 5) is 13.4. The molecule has 0 rings (SSSR count). The van der Waals surface area contributed by atoms with Gasteiger partial charge in [0.05, 0.1) is 11.3 Å². The van der Waals surface area contributed by atoms with Crippen molar-refractivity contribution in [2.75, 3.05) is 0 Å². The summed E-state index contributed by atoms with van der Waals surface area (Å²) in [5.41, 5.74) is 0. The van der Waals surface area contributed by atoms with Crippen LogP contribution >= 0.6 is 0 Å². The fourth-order valence-electron chi connectivity index (χ4n) is 0.0671. The standard InChI is InChI=1S/C2H3NO3S/c3-6-2(4)1-7-5/h1H,3H2.